The van der Waals surface area contributed by atoms with Gasteiger partial charge < -0.3 is 0 Å². The molecule has 0 aromatic rings. The third-order valence-electron chi connectivity index (χ3n) is 2.63. The molecule has 0 aromatic carbocycles. The maximum atomic E-state index is 12.5. The molecular weight excluding hydrogens is 246 g/mol. The second-order valence-corrected chi connectivity index (χ2v) is 4.34. The molecule has 1 unspecified atom stereocenters. The highest BCUT2D eigenvalue weighted by molar-refractivity contribution is 5.33. The second kappa shape index (κ2) is 4.38. The molecule has 6 heteroatoms. The van der Waals surface area contributed by atoms with Crippen LogP contribution in [0.2, 0.25) is 0 Å². The number of hydrogen-bond donors (Lipinski definition) is 0. The Balaban J connectivity index is 3.10. The van der Waals surface area contributed by atoms with Gasteiger partial charge in [-0.15, -0.1) is 0 Å². The van der Waals surface area contributed by atoms with Gasteiger partial charge in [-0.1, -0.05) is 26.0 Å². The third-order valence-corrected chi connectivity index (χ3v) is 2.63. The molecule has 0 saturated carbocycles. The van der Waals surface area contributed by atoms with Crippen molar-refractivity contribution in [2.75, 3.05) is 0 Å². The Bertz CT molecular complexity index is 342. The fraction of sp³-hybridized carbons (Fsp3) is 0.636. The molecule has 0 saturated heterocycles. The Morgan fingerprint density at radius 1 is 1.12 bits per heavy atom. The summed E-state index contributed by atoms with van der Waals surface area (Å²) < 4.78 is 74.9. The van der Waals surface area contributed by atoms with Crippen LogP contribution in [0.1, 0.15) is 20.3 Å². The average molecular weight is 258 g/mol. The van der Waals surface area contributed by atoms with Crippen LogP contribution in [0.25, 0.3) is 0 Å². The number of allylic oxidation sites excluding steroid dienone is 4. The van der Waals surface area contributed by atoms with Crippen molar-refractivity contribution in [3.05, 3.63) is 23.3 Å². The zero-order valence-electron chi connectivity index (χ0n) is 9.28. The molecule has 0 bridgehead atoms. The fourth-order valence-electron chi connectivity index (χ4n) is 1.60. The molecular formula is C11H12F6. The Hall–Kier alpha value is -0.940. The average Bonchev–Trinajstić information content (AvgIpc) is 2.14. The predicted molar refractivity (Wildman–Crippen MR) is 51.2 cm³/mol. The van der Waals surface area contributed by atoms with Crippen molar-refractivity contribution < 1.29 is 26.3 Å². The number of rotatable bonds is 1. The molecule has 0 radical (unpaired) electrons. The molecule has 98 valence electrons. The zero-order valence-corrected chi connectivity index (χ0v) is 9.28. The van der Waals surface area contributed by atoms with Crippen LogP contribution in [0, 0.1) is 11.8 Å². The zero-order chi connectivity index (χ0) is 13.4. The minimum atomic E-state index is -4.70. The van der Waals surface area contributed by atoms with Gasteiger partial charge in [0.2, 0.25) is 0 Å². The van der Waals surface area contributed by atoms with E-state index in [2.05, 4.69) is 0 Å². The fourth-order valence-corrected chi connectivity index (χ4v) is 1.60. The number of alkyl halides is 6. The summed E-state index contributed by atoms with van der Waals surface area (Å²) >= 11 is 0. The topological polar surface area (TPSA) is 0 Å². The van der Waals surface area contributed by atoms with Gasteiger partial charge in [0, 0.05) is 5.57 Å². The molecule has 17 heavy (non-hydrogen) atoms. The van der Waals surface area contributed by atoms with E-state index in [9.17, 15) is 26.3 Å². The normalized spacial score (nSPS) is 22.5. The van der Waals surface area contributed by atoms with Crippen LogP contribution < -0.4 is 0 Å². The van der Waals surface area contributed by atoms with Gasteiger partial charge in [-0.25, -0.2) is 0 Å². The lowest BCUT2D eigenvalue weighted by molar-refractivity contribution is -0.166. The van der Waals surface area contributed by atoms with E-state index in [0.29, 0.717) is 0 Å². The maximum Gasteiger partial charge on any atom is 0.412 e. The Kier molecular flexibility index (Phi) is 3.64. The quantitative estimate of drug-likeness (QED) is 0.601. The van der Waals surface area contributed by atoms with Gasteiger partial charge in [0.05, 0.1) is 5.92 Å². The standard InChI is InChI=1S/C11H12F6/c1-6(2)7-3-8(10(12,13)14)5-9(4-7)11(15,16)17/h3-4,6,8H,5H2,1-2H3. The van der Waals surface area contributed by atoms with Crippen molar-refractivity contribution >= 4 is 0 Å². The van der Waals surface area contributed by atoms with Gasteiger partial charge in [-0.05, 0) is 17.9 Å². The van der Waals surface area contributed by atoms with Crippen LogP contribution in [0.4, 0.5) is 26.3 Å². The summed E-state index contributed by atoms with van der Waals surface area (Å²) in [4.78, 5) is 0. The van der Waals surface area contributed by atoms with E-state index < -0.39 is 30.3 Å². The summed E-state index contributed by atoms with van der Waals surface area (Å²) in [6, 6.07) is 0. The van der Waals surface area contributed by atoms with Crippen LogP contribution in [0.3, 0.4) is 0 Å². The molecule has 0 amide bonds. The number of halogens is 6. The highest BCUT2D eigenvalue weighted by atomic mass is 19.4. The van der Waals surface area contributed by atoms with Crippen molar-refractivity contribution in [3.63, 3.8) is 0 Å². The highest BCUT2D eigenvalue weighted by Crippen LogP contribution is 2.42. The van der Waals surface area contributed by atoms with Crippen molar-refractivity contribution in [2.24, 2.45) is 11.8 Å². The van der Waals surface area contributed by atoms with Crippen LogP contribution in [-0.4, -0.2) is 12.4 Å². The van der Waals surface area contributed by atoms with Crippen molar-refractivity contribution in [2.45, 2.75) is 32.6 Å². The second-order valence-electron chi connectivity index (χ2n) is 4.34. The third kappa shape index (κ3) is 3.51. The van der Waals surface area contributed by atoms with Crippen molar-refractivity contribution in [3.8, 4) is 0 Å². The first-order valence-electron chi connectivity index (χ1n) is 5.08. The van der Waals surface area contributed by atoms with Gasteiger partial charge in [0.15, 0.2) is 0 Å². The van der Waals surface area contributed by atoms with Gasteiger partial charge in [0.1, 0.15) is 0 Å². The van der Waals surface area contributed by atoms with Gasteiger partial charge >= 0.3 is 12.4 Å². The van der Waals surface area contributed by atoms with E-state index in [1.165, 1.54) is 0 Å². The summed E-state index contributed by atoms with van der Waals surface area (Å²) in [6.45, 7) is 3.13. The lowest BCUT2D eigenvalue weighted by atomic mass is 9.85. The van der Waals surface area contributed by atoms with Gasteiger partial charge in [-0.3, -0.25) is 0 Å². The molecule has 1 atom stereocenters. The Morgan fingerprint density at radius 3 is 2.00 bits per heavy atom. The lowest BCUT2D eigenvalue weighted by Crippen LogP contribution is -2.28. The molecule has 1 aliphatic carbocycles. The monoisotopic (exact) mass is 258 g/mol. The Labute approximate surface area is 95.0 Å². The molecule has 0 fully saturated rings. The minimum Gasteiger partial charge on any atom is -0.170 e. The van der Waals surface area contributed by atoms with E-state index in [0.717, 1.165) is 12.2 Å². The minimum absolute atomic E-state index is 0.0888. The molecule has 0 aliphatic heterocycles. The molecule has 0 nitrogen and oxygen atoms in total. The smallest absolute Gasteiger partial charge is 0.170 e. The maximum absolute atomic E-state index is 12.5. The lowest BCUT2D eigenvalue weighted by Gasteiger charge is -2.26. The molecule has 0 N–H and O–H groups in total. The van der Waals surface area contributed by atoms with Crippen molar-refractivity contribution in [1.29, 1.82) is 0 Å². The first-order valence-corrected chi connectivity index (χ1v) is 5.08. The molecule has 1 aliphatic rings. The predicted octanol–water partition coefficient (Wildman–Crippen LogP) is 4.64. The van der Waals surface area contributed by atoms with Crippen LogP contribution in [0.15, 0.2) is 23.3 Å². The first-order chi connectivity index (χ1) is 7.51. The molecule has 0 spiro atoms. The summed E-state index contributed by atoms with van der Waals surface area (Å²) in [6.07, 6.45) is -8.64. The van der Waals surface area contributed by atoms with Crippen LogP contribution in [-0.2, 0) is 0 Å². The largest absolute Gasteiger partial charge is 0.412 e. The van der Waals surface area contributed by atoms with Gasteiger partial charge in [-0.2, -0.15) is 26.3 Å². The molecule has 0 heterocycles. The molecule has 0 aromatic heterocycles. The van der Waals surface area contributed by atoms with E-state index in [1.54, 1.807) is 13.8 Å². The van der Waals surface area contributed by atoms with Crippen LogP contribution >= 0.6 is 0 Å². The Morgan fingerprint density at radius 2 is 1.65 bits per heavy atom. The summed E-state index contributed by atoms with van der Waals surface area (Å²) in [7, 11) is 0. The van der Waals surface area contributed by atoms with Crippen molar-refractivity contribution in [1.82, 2.24) is 0 Å². The highest BCUT2D eigenvalue weighted by Gasteiger charge is 2.45. The van der Waals surface area contributed by atoms with E-state index in [4.69, 9.17) is 0 Å². The van der Waals surface area contributed by atoms with Gasteiger partial charge in [0.25, 0.3) is 0 Å². The summed E-state index contributed by atoms with van der Waals surface area (Å²) in [5.74, 6) is -2.40. The van der Waals surface area contributed by atoms with E-state index >= 15 is 0 Å². The first kappa shape index (κ1) is 14.1. The van der Waals surface area contributed by atoms with Crippen LogP contribution in [0.5, 0.6) is 0 Å². The summed E-state index contributed by atoms with van der Waals surface area (Å²) in [5, 5.41) is 0. The van der Waals surface area contributed by atoms with E-state index in [-0.39, 0.29) is 11.5 Å². The summed E-state index contributed by atoms with van der Waals surface area (Å²) in [5.41, 5.74) is -1.02. The van der Waals surface area contributed by atoms with E-state index in [1.807, 2.05) is 0 Å². The SMILES string of the molecule is CC(C)C1=CC(C(F)(F)F)CC(C(F)(F)F)=C1. The molecule has 1 rings (SSSR count). The number of hydrogen-bond acceptors (Lipinski definition) is 0.